The van der Waals surface area contributed by atoms with Gasteiger partial charge in [0, 0.05) is 25.9 Å². The molecule has 1 heterocycles. The third-order valence-corrected chi connectivity index (χ3v) is 2.24. The number of aliphatic hydroxyl groups is 1. The number of rotatable bonds is 4. The maximum absolute atomic E-state index is 11.7. The van der Waals surface area contributed by atoms with Crippen molar-refractivity contribution in [2.75, 3.05) is 6.61 Å². The number of hydrogen-bond acceptors (Lipinski definition) is 4. The zero-order valence-corrected chi connectivity index (χ0v) is 9.01. The summed E-state index contributed by atoms with van der Waals surface area (Å²) in [5, 5.41) is 17.4. The van der Waals surface area contributed by atoms with Crippen molar-refractivity contribution < 1.29 is 5.11 Å². The van der Waals surface area contributed by atoms with Gasteiger partial charge in [-0.2, -0.15) is 5.26 Å². The quantitative estimate of drug-likeness (QED) is 0.729. The molecule has 0 aliphatic heterocycles. The zero-order chi connectivity index (χ0) is 12.1. The molecule has 0 spiro atoms. The van der Waals surface area contributed by atoms with E-state index < -0.39 is 11.2 Å². The Hall–Kier alpha value is -1.87. The van der Waals surface area contributed by atoms with E-state index in [1.165, 1.54) is 10.8 Å². The van der Waals surface area contributed by atoms with Crippen molar-refractivity contribution in [1.29, 1.82) is 5.26 Å². The van der Waals surface area contributed by atoms with Gasteiger partial charge in [0.2, 0.25) is 0 Å². The minimum absolute atomic E-state index is 0.0561. The van der Waals surface area contributed by atoms with Crippen LogP contribution in [0.15, 0.2) is 15.8 Å². The fourth-order valence-corrected chi connectivity index (χ4v) is 1.38. The topological polar surface area (TPSA) is 88.0 Å². The van der Waals surface area contributed by atoms with Crippen LogP contribution in [0, 0.1) is 11.3 Å². The standard InChI is InChI=1S/C10H13N3O3/c1-2-12-7-8(6-11)9(15)13(10(12)16)4-3-5-14/h7,14H,2-5H2,1H3. The fraction of sp³-hybridized carbons (Fsp3) is 0.500. The van der Waals surface area contributed by atoms with Crippen molar-refractivity contribution >= 4 is 0 Å². The molecule has 1 aromatic rings. The first kappa shape index (κ1) is 12.2. The van der Waals surface area contributed by atoms with Crippen LogP contribution in [-0.2, 0) is 13.1 Å². The van der Waals surface area contributed by atoms with Gasteiger partial charge < -0.3 is 5.11 Å². The second-order valence-corrected chi connectivity index (χ2v) is 3.26. The van der Waals surface area contributed by atoms with Crippen LogP contribution in [-0.4, -0.2) is 20.8 Å². The van der Waals surface area contributed by atoms with E-state index in [1.807, 2.05) is 0 Å². The highest BCUT2D eigenvalue weighted by Crippen LogP contribution is 1.89. The van der Waals surface area contributed by atoms with E-state index >= 15 is 0 Å². The maximum atomic E-state index is 11.7. The first-order valence-electron chi connectivity index (χ1n) is 5.01. The molecule has 6 nitrogen and oxygen atoms in total. The van der Waals surface area contributed by atoms with Gasteiger partial charge in [-0.05, 0) is 13.3 Å². The molecule has 1 N–H and O–H groups in total. The molecule has 0 amide bonds. The average Bonchev–Trinajstić information content (AvgIpc) is 2.29. The molecule has 0 radical (unpaired) electrons. The SMILES string of the molecule is CCn1cc(C#N)c(=O)n(CCCO)c1=O. The van der Waals surface area contributed by atoms with Gasteiger partial charge in [-0.15, -0.1) is 0 Å². The van der Waals surface area contributed by atoms with Crippen LogP contribution in [0.5, 0.6) is 0 Å². The summed E-state index contributed by atoms with van der Waals surface area (Å²) in [4.78, 5) is 23.4. The molecule has 0 aromatic carbocycles. The third kappa shape index (κ3) is 2.20. The molecule has 86 valence electrons. The monoisotopic (exact) mass is 223 g/mol. The summed E-state index contributed by atoms with van der Waals surface area (Å²) in [7, 11) is 0. The highest BCUT2D eigenvalue weighted by atomic mass is 16.3. The highest BCUT2D eigenvalue weighted by Gasteiger charge is 2.09. The predicted molar refractivity (Wildman–Crippen MR) is 57.1 cm³/mol. The van der Waals surface area contributed by atoms with Gasteiger partial charge in [-0.1, -0.05) is 0 Å². The Bertz CT molecular complexity index is 522. The summed E-state index contributed by atoms with van der Waals surface area (Å²) in [6, 6.07) is 1.76. The minimum atomic E-state index is -0.592. The van der Waals surface area contributed by atoms with Gasteiger partial charge in [-0.25, -0.2) is 4.79 Å². The smallest absolute Gasteiger partial charge is 0.331 e. The molecule has 0 saturated carbocycles. The molecule has 1 aromatic heterocycles. The van der Waals surface area contributed by atoms with Crippen LogP contribution in [0.4, 0.5) is 0 Å². The Morgan fingerprint density at radius 3 is 2.69 bits per heavy atom. The van der Waals surface area contributed by atoms with Crippen molar-refractivity contribution in [1.82, 2.24) is 9.13 Å². The number of nitriles is 1. The van der Waals surface area contributed by atoms with Gasteiger partial charge in [0.05, 0.1) is 0 Å². The molecule has 6 heteroatoms. The van der Waals surface area contributed by atoms with E-state index in [-0.39, 0.29) is 18.7 Å². The molecule has 0 aliphatic carbocycles. The lowest BCUT2D eigenvalue weighted by atomic mass is 10.3. The molecule has 0 fully saturated rings. The number of aryl methyl sites for hydroxylation is 1. The van der Waals surface area contributed by atoms with Crippen LogP contribution >= 0.6 is 0 Å². The zero-order valence-electron chi connectivity index (χ0n) is 9.01. The second-order valence-electron chi connectivity index (χ2n) is 3.26. The summed E-state index contributed by atoms with van der Waals surface area (Å²) in [5.74, 6) is 0. The van der Waals surface area contributed by atoms with Crippen LogP contribution < -0.4 is 11.2 Å². The Balaban J connectivity index is 3.40. The maximum Gasteiger partial charge on any atom is 0.331 e. The van der Waals surface area contributed by atoms with Crippen molar-refractivity contribution in [3.63, 3.8) is 0 Å². The Kier molecular flexibility index (Phi) is 4.03. The van der Waals surface area contributed by atoms with E-state index in [2.05, 4.69) is 0 Å². The first-order chi connectivity index (χ1) is 7.65. The summed E-state index contributed by atoms with van der Waals surface area (Å²) >= 11 is 0. The van der Waals surface area contributed by atoms with Crippen molar-refractivity contribution in [2.45, 2.75) is 26.4 Å². The first-order valence-corrected chi connectivity index (χ1v) is 5.01. The van der Waals surface area contributed by atoms with E-state index in [1.54, 1.807) is 13.0 Å². The predicted octanol–water partition coefficient (Wildman–Crippen LogP) is -0.716. The normalized spacial score (nSPS) is 10.1. The fourth-order valence-electron chi connectivity index (χ4n) is 1.38. The lowest BCUT2D eigenvalue weighted by molar-refractivity contribution is 0.277. The van der Waals surface area contributed by atoms with Crippen LogP contribution in [0.2, 0.25) is 0 Å². The van der Waals surface area contributed by atoms with Gasteiger partial charge in [0.25, 0.3) is 5.56 Å². The third-order valence-electron chi connectivity index (χ3n) is 2.24. The lowest BCUT2D eigenvalue weighted by Gasteiger charge is -2.08. The van der Waals surface area contributed by atoms with Crippen molar-refractivity contribution in [3.8, 4) is 6.07 Å². The van der Waals surface area contributed by atoms with Crippen molar-refractivity contribution in [3.05, 3.63) is 32.6 Å². The number of nitrogens with zero attached hydrogens (tertiary/aromatic N) is 3. The van der Waals surface area contributed by atoms with E-state index in [9.17, 15) is 9.59 Å². The van der Waals surface area contributed by atoms with E-state index in [0.717, 1.165) is 4.57 Å². The van der Waals surface area contributed by atoms with Gasteiger partial charge in [0.15, 0.2) is 0 Å². The minimum Gasteiger partial charge on any atom is -0.396 e. The number of aromatic nitrogens is 2. The molecule has 16 heavy (non-hydrogen) atoms. The molecule has 0 saturated heterocycles. The molecular weight excluding hydrogens is 210 g/mol. The summed E-state index contributed by atoms with van der Waals surface area (Å²) in [6.07, 6.45) is 1.58. The Morgan fingerprint density at radius 2 is 2.19 bits per heavy atom. The summed E-state index contributed by atoms with van der Waals surface area (Å²) < 4.78 is 2.29. The van der Waals surface area contributed by atoms with E-state index in [4.69, 9.17) is 10.4 Å². The molecule has 1 rings (SSSR count). The second kappa shape index (κ2) is 5.28. The molecule has 0 atom stereocenters. The molecular formula is C10H13N3O3. The largest absolute Gasteiger partial charge is 0.396 e. The van der Waals surface area contributed by atoms with Crippen LogP contribution in [0.25, 0.3) is 0 Å². The van der Waals surface area contributed by atoms with Crippen LogP contribution in [0.1, 0.15) is 18.9 Å². The number of hydrogen-bond donors (Lipinski definition) is 1. The van der Waals surface area contributed by atoms with Gasteiger partial charge in [0.1, 0.15) is 11.6 Å². The summed E-state index contributed by atoms with van der Waals surface area (Å²) in [5.41, 5.74) is -1.09. The van der Waals surface area contributed by atoms with E-state index in [0.29, 0.717) is 13.0 Å². The highest BCUT2D eigenvalue weighted by molar-refractivity contribution is 5.22. The molecule has 0 aliphatic rings. The lowest BCUT2D eigenvalue weighted by Crippen LogP contribution is -2.40. The van der Waals surface area contributed by atoms with Gasteiger partial charge >= 0.3 is 5.69 Å². The molecule has 0 bridgehead atoms. The average molecular weight is 223 g/mol. The van der Waals surface area contributed by atoms with Gasteiger partial charge in [-0.3, -0.25) is 13.9 Å². The van der Waals surface area contributed by atoms with Crippen LogP contribution in [0.3, 0.4) is 0 Å². The molecule has 0 unspecified atom stereocenters. The number of aliphatic hydroxyl groups excluding tert-OH is 1. The van der Waals surface area contributed by atoms with Crippen molar-refractivity contribution in [2.24, 2.45) is 0 Å². The Morgan fingerprint density at radius 1 is 1.50 bits per heavy atom. The summed E-state index contributed by atoms with van der Waals surface area (Å²) in [6.45, 7) is 2.18. The Labute approximate surface area is 92.0 Å².